The number of rotatable bonds is 9. The number of carbonyl (C=O) groups is 3. The second kappa shape index (κ2) is 19.0. The highest BCUT2D eigenvalue weighted by Crippen LogP contribution is 2.27. The molecule has 3 aromatic heterocycles. The summed E-state index contributed by atoms with van der Waals surface area (Å²) in [6, 6.07) is 21.9. The predicted molar refractivity (Wildman–Crippen MR) is 236 cm³/mol. The van der Waals surface area contributed by atoms with Crippen molar-refractivity contribution < 1.29 is 42.2 Å². The molecule has 2 aliphatic rings. The van der Waals surface area contributed by atoms with E-state index in [1.165, 1.54) is 113 Å². The highest BCUT2D eigenvalue weighted by Gasteiger charge is 2.36. The van der Waals surface area contributed by atoms with Crippen LogP contribution in [-0.4, -0.2) is 110 Å². The molecule has 0 radical (unpaired) electrons. The van der Waals surface area contributed by atoms with Crippen LogP contribution < -0.4 is 16.7 Å². The maximum absolute atomic E-state index is 13.2. The quantitative estimate of drug-likeness (QED) is 0.118. The van der Waals surface area contributed by atoms with Crippen molar-refractivity contribution in [3.05, 3.63) is 166 Å². The number of nitrogen functional groups attached to an aromatic ring is 1. The van der Waals surface area contributed by atoms with Gasteiger partial charge >= 0.3 is 0 Å². The summed E-state index contributed by atoms with van der Waals surface area (Å²) in [4.78, 5) is 62.4. The van der Waals surface area contributed by atoms with E-state index in [2.05, 4.69) is 20.4 Å². The molecule has 2 saturated heterocycles. The Kier molecular flexibility index (Phi) is 13.0. The van der Waals surface area contributed by atoms with Gasteiger partial charge in [-0.3, -0.25) is 23.7 Å². The van der Waals surface area contributed by atoms with E-state index in [9.17, 15) is 47.0 Å². The molecule has 0 spiro atoms. The lowest BCUT2D eigenvalue weighted by molar-refractivity contribution is -0.0300. The normalized spacial score (nSPS) is 15.4. The number of nitrogens with two attached hydrogens (primary N) is 1. The van der Waals surface area contributed by atoms with Crippen LogP contribution in [0.1, 0.15) is 56.9 Å². The number of nitrogens with zero attached hydrogens (tertiary/aromatic N) is 8. The van der Waals surface area contributed by atoms with Crippen LogP contribution in [0, 0.1) is 23.3 Å². The van der Waals surface area contributed by atoms with Crippen molar-refractivity contribution in [1.29, 1.82) is 0 Å². The summed E-state index contributed by atoms with van der Waals surface area (Å²) in [7, 11) is 0. The van der Waals surface area contributed by atoms with Gasteiger partial charge < -0.3 is 31.2 Å². The van der Waals surface area contributed by atoms with Gasteiger partial charge in [0.2, 0.25) is 0 Å². The minimum absolute atomic E-state index is 0.0188. The first-order chi connectivity index (χ1) is 32.1. The number of piperidine rings is 2. The van der Waals surface area contributed by atoms with Crippen LogP contribution in [0.25, 0.3) is 28.3 Å². The number of hydrogen-bond acceptors (Lipinski definition) is 10. The smallest absolute Gasteiger partial charge is 0.279 e. The average Bonchev–Trinajstić information content (AvgIpc) is 3.94. The zero-order chi connectivity index (χ0) is 47.5. The van der Waals surface area contributed by atoms with Crippen molar-refractivity contribution in [2.45, 2.75) is 43.4 Å². The highest BCUT2D eigenvalue weighted by atomic mass is 19.1. The van der Waals surface area contributed by atoms with E-state index in [0.717, 1.165) is 4.68 Å². The molecule has 5 N–H and O–H groups in total. The number of benzene rings is 4. The van der Waals surface area contributed by atoms with Gasteiger partial charge in [-0.2, -0.15) is 5.10 Å². The molecular weight excluding hydrogens is 877 g/mol. The summed E-state index contributed by atoms with van der Waals surface area (Å²) in [6.45, 7) is 1.20. The van der Waals surface area contributed by atoms with E-state index < -0.39 is 34.6 Å². The van der Waals surface area contributed by atoms with E-state index in [-0.39, 0.29) is 73.2 Å². The molecule has 2 fully saturated rings. The van der Waals surface area contributed by atoms with Crippen molar-refractivity contribution in [2.75, 3.05) is 38.6 Å². The number of aromatic nitrogens is 6. The zero-order valence-corrected chi connectivity index (χ0v) is 35.7. The van der Waals surface area contributed by atoms with E-state index in [4.69, 9.17) is 5.84 Å². The molecule has 346 valence electrons. The van der Waals surface area contributed by atoms with E-state index in [1.807, 2.05) is 0 Å². The van der Waals surface area contributed by atoms with Gasteiger partial charge in [-0.15, -0.1) is 0 Å². The van der Waals surface area contributed by atoms with E-state index >= 15 is 0 Å². The van der Waals surface area contributed by atoms with Gasteiger partial charge in [0.1, 0.15) is 35.3 Å². The van der Waals surface area contributed by atoms with Gasteiger partial charge in [0.25, 0.3) is 23.3 Å². The first-order valence-corrected chi connectivity index (χ1v) is 21.2. The molecule has 5 heterocycles. The van der Waals surface area contributed by atoms with Crippen LogP contribution in [0.2, 0.25) is 0 Å². The molecular formula is C47H44F4N10O6. The predicted octanol–water partition coefficient (Wildman–Crippen LogP) is 4.44. The third kappa shape index (κ3) is 10.2. The Bertz CT molecular complexity index is 2960. The van der Waals surface area contributed by atoms with Crippen LogP contribution in [0.5, 0.6) is 0 Å². The van der Waals surface area contributed by atoms with Crippen molar-refractivity contribution in [3.63, 3.8) is 0 Å². The number of halogens is 4. The lowest BCUT2D eigenvalue weighted by Gasteiger charge is -2.38. The minimum Gasteiger partial charge on any atom is -0.388 e. The van der Waals surface area contributed by atoms with Gasteiger partial charge in [0, 0.05) is 55.0 Å². The Morgan fingerprint density at radius 2 is 1.06 bits per heavy atom. The van der Waals surface area contributed by atoms with Crippen LogP contribution in [0.15, 0.2) is 121 Å². The molecule has 20 heteroatoms. The Balaban J connectivity index is 0.000000182. The monoisotopic (exact) mass is 920 g/mol. The lowest BCUT2D eigenvalue weighted by atomic mass is 9.91. The van der Waals surface area contributed by atoms with E-state index in [0.29, 0.717) is 60.1 Å². The number of aliphatic hydroxyl groups is 2. The molecule has 0 bridgehead atoms. The Morgan fingerprint density at radius 1 is 0.627 bits per heavy atom. The summed E-state index contributed by atoms with van der Waals surface area (Å²) in [5.41, 5.74) is -0.501. The molecule has 67 heavy (non-hydrogen) atoms. The maximum Gasteiger partial charge on any atom is 0.279 e. The van der Waals surface area contributed by atoms with Gasteiger partial charge in [0.15, 0.2) is 17.2 Å². The van der Waals surface area contributed by atoms with Crippen LogP contribution in [0.4, 0.5) is 17.6 Å². The molecule has 2 aliphatic heterocycles. The number of hydrogen-bond donors (Lipinski definition) is 4. The summed E-state index contributed by atoms with van der Waals surface area (Å²) >= 11 is 0. The van der Waals surface area contributed by atoms with Gasteiger partial charge in [-0.1, -0.05) is 0 Å². The third-order valence-electron chi connectivity index (χ3n) is 11.9. The van der Waals surface area contributed by atoms with E-state index in [1.54, 1.807) is 21.9 Å². The Morgan fingerprint density at radius 3 is 1.55 bits per heavy atom. The number of nitrogens with one attached hydrogen (secondary N) is 1. The number of carbonyl (C=O) groups excluding carboxylic acids is 3. The first kappa shape index (κ1) is 45.8. The molecule has 0 atom stereocenters. The standard InChI is InChI=1S/C24H21F2N5O3.C23H23F2N5O3/c25-18-5-1-16(2-6-18)21-27-13-20-23(33)30(15-28-31(20)21)14-24(34)9-11-29(12-10-24)22(32)17-3-7-19(26)8-4-17;24-17-5-1-15(2-6-17)20-27-13-19(30(20)26)21(31)28-14-23(33)9-11-29(12-10-23)22(32)16-3-7-18(25)8-4-16/h1-8,13,15,34H,9-12,14H2;1-8,13,33H,9-12,14,26H2,(H,28,31). The van der Waals surface area contributed by atoms with Gasteiger partial charge in [0.05, 0.1) is 30.1 Å². The summed E-state index contributed by atoms with van der Waals surface area (Å²) in [5, 5.41) is 28.9. The maximum atomic E-state index is 13.2. The molecule has 0 unspecified atom stereocenters. The first-order valence-electron chi connectivity index (χ1n) is 21.2. The van der Waals surface area contributed by atoms with Gasteiger partial charge in [-0.25, -0.2) is 36.7 Å². The number of imidazole rings is 2. The molecule has 16 nitrogen and oxygen atoms in total. The van der Waals surface area contributed by atoms with Crippen LogP contribution in [0.3, 0.4) is 0 Å². The summed E-state index contributed by atoms with van der Waals surface area (Å²) in [6.07, 6.45) is 5.14. The van der Waals surface area contributed by atoms with Crippen molar-refractivity contribution in [2.24, 2.45) is 0 Å². The second-order valence-corrected chi connectivity index (χ2v) is 16.5. The lowest BCUT2D eigenvalue weighted by Crippen LogP contribution is -2.52. The topological polar surface area (TPSA) is 206 Å². The molecule has 0 saturated carbocycles. The average molecular weight is 921 g/mol. The minimum atomic E-state index is -1.19. The molecule has 0 aliphatic carbocycles. The third-order valence-corrected chi connectivity index (χ3v) is 11.9. The number of fused-ring (bicyclic) bond motifs is 1. The zero-order valence-electron chi connectivity index (χ0n) is 35.7. The Hall–Kier alpha value is -7.71. The van der Waals surface area contributed by atoms with Crippen molar-refractivity contribution >= 4 is 23.2 Å². The summed E-state index contributed by atoms with van der Waals surface area (Å²) < 4.78 is 56.4. The largest absolute Gasteiger partial charge is 0.388 e. The van der Waals surface area contributed by atoms with Crippen LogP contribution >= 0.6 is 0 Å². The molecule has 3 amide bonds. The number of amides is 3. The van der Waals surface area contributed by atoms with Gasteiger partial charge in [-0.05, 0) is 123 Å². The fraction of sp³-hybridized carbons (Fsp3) is 0.255. The van der Waals surface area contributed by atoms with Crippen molar-refractivity contribution in [3.8, 4) is 22.8 Å². The SMILES string of the molecule is Nn1c(C(=O)NCC2(O)CCN(C(=O)c3ccc(F)cc3)CC2)cnc1-c1ccc(F)cc1.O=C(c1ccc(F)cc1)N1CCC(O)(Cn2cnn3c(-c4ccc(F)cc4)ncc3c2=O)CC1. The Labute approximate surface area is 379 Å². The highest BCUT2D eigenvalue weighted by molar-refractivity contribution is 5.95. The van der Waals surface area contributed by atoms with Crippen molar-refractivity contribution in [1.82, 2.24) is 43.9 Å². The fourth-order valence-electron chi connectivity index (χ4n) is 7.96. The fourth-order valence-corrected chi connectivity index (χ4v) is 7.96. The summed E-state index contributed by atoms with van der Waals surface area (Å²) in [5.74, 6) is 4.12. The van der Waals surface area contributed by atoms with Crippen LogP contribution in [-0.2, 0) is 6.54 Å². The molecule has 4 aromatic carbocycles. The second-order valence-electron chi connectivity index (χ2n) is 16.5. The molecule has 9 rings (SSSR count). The molecule has 7 aromatic rings. The number of likely N-dealkylation sites (tertiary alicyclic amines) is 2.